The molecule has 20 heavy (non-hydrogen) atoms. The molecule has 0 bridgehead atoms. The molecule has 0 spiro atoms. The van der Waals surface area contributed by atoms with Gasteiger partial charge in [-0.2, -0.15) is 0 Å². The fourth-order valence-corrected chi connectivity index (χ4v) is 1.44. The fourth-order valence-electron chi connectivity index (χ4n) is 1.44. The Hall–Kier alpha value is -2.38. The van der Waals surface area contributed by atoms with Crippen LogP contribution in [0.3, 0.4) is 0 Å². The average molecular weight is 288 g/mol. The first-order chi connectivity index (χ1) is 9.35. The lowest BCUT2D eigenvalue weighted by Gasteiger charge is -2.18. The Morgan fingerprint density at radius 1 is 1.45 bits per heavy atom. The standard InChI is InChI=1S/C12H14F2N2O4/c1-16(6-10(13)14)12(19)15-9-5-7(20-2)3-4-8(9)11(17)18/h3-5,10H,6H2,1-2H3,(H,15,19)(H,17,18). The quantitative estimate of drug-likeness (QED) is 0.870. The third-order valence-corrected chi connectivity index (χ3v) is 2.46. The second-order valence-electron chi connectivity index (χ2n) is 3.92. The highest BCUT2D eigenvalue weighted by Gasteiger charge is 2.18. The van der Waals surface area contributed by atoms with Crippen LogP contribution in [0.15, 0.2) is 18.2 Å². The number of aromatic carboxylic acids is 1. The number of alkyl halides is 2. The number of amides is 2. The Labute approximate surface area is 113 Å². The van der Waals surface area contributed by atoms with Crippen molar-refractivity contribution < 1.29 is 28.2 Å². The first kappa shape index (κ1) is 15.7. The third-order valence-electron chi connectivity index (χ3n) is 2.46. The van der Waals surface area contributed by atoms with Gasteiger partial charge in [0.1, 0.15) is 5.75 Å². The summed E-state index contributed by atoms with van der Waals surface area (Å²) in [5, 5.41) is 11.3. The number of rotatable bonds is 5. The number of hydrogen-bond donors (Lipinski definition) is 2. The molecule has 1 rings (SSSR count). The number of carboxylic acid groups (broad SMARTS) is 1. The summed E-state index contributed by atoms with van der Waals surface area (Å²) in [5.74, 6) is -0.915. The summed E-state index contributed by atoms with van der Waals surface area (Å²) in [7, 11) is 2.56. The predicted molar refractivity (Wildman–Crippen MR) is 67.6 cm³/mol. The molecule has 0 aliphatic carbocycles. The van der Waals surface area contributed by atoms with Gasteiger partial charge in [-0.3, -0.25) is 0 Å². The van der Waals surface area contributed by atoms with Crippen LogP contribution < -0.4 is 10.1 Å². The monoisotopic (exact) mass is 288 g/mol. The van der Waals surface area contributed by atoms with E-state index in [1.54, 1.807) is 0 Å². The maximum absolute atomic E-state index is 12.2. The Bertz CT molecular complexity index is 508. The Balaban J connectivity index is 2.94. The summed E-state index contributed by atoms with van der Waals surface area (Å²) in [6.07, 6.45) is -2.67. The van der Waals surface area contributed by atoms with Crippen LogP contribution >= 0.6 is 0 Å². The molecule has 6 nitrogen and oxygen atoms in total. The van der Waals surface area contributed by atoms with Crippen molar-refractivity contribution in [1.82, 2.24) is 4.90 Å². The Morgan fingerprint density at radius 3 is 2.60 bits per heavy atom. The van der Waals surface area contributed by atoms with Gasteiger partial charge in [-0.1, -0.05) is 0 Å². The maximum Gasteiger partial charge on any atom is 0.337 e. The molecular formula is C12H14F2N2O4. The molecular weight excluding hydrogens is 274 g/mol. The lowest BCUT2D eigenvalue weighted by Crippen LogP contribution is -2.35. The molecule has 8 heteroatoms. The van der Waals surface area contributed by atoms with Crippen molar-refractivity contribution >= 4 is 17.7 Å². The molecule has 110 valence electrons. The summed E-state index contributed by atoms with van der Waals surface area (Å²) in [6.45, 7) is -0.752. The van der Waals surface area contributed by atoms with Gasteiger partial charge in [0, 0.05) is 13.1 Å². The van der Waals surface area contributed by atoms with Gasteiger partial charge in [0.05, 0.1) is 24.9 Å². The lowest BCUT2D eigenvalue weighted by molar-refractivity contribution is 0.0698. The molecule has 1 aromatic rings. The van der Waals surface area contributed by atoms with Crippen LogP contribution in [0.2, 0.25) is 0 Å². The number of hydrogen-bond acceptors (Lipinski definition) is 3. The molecule has 0 saturated carbocycles. The van der Waals surface area contributed by atoms with Crippen LogP contribution in [0, 0.1) is 0 Å². The number of methoxy groups -OCH3 is 1. The van der Waals surface area contributed by atoms with E-state index in [4.69, 9.17) is 9.84 Å². The molecule has 2 N–H and O–H groups in total. The van der Waals surface area contributed by atoms with E-state index >= 15 is 0 Å². The van der Waals surface area contributed by atoms with Crippen LogP contribution in [0.1, 0.15) is 10.4 Å². The second-order valence-corrected chi connectivity index (χ2v) is 3.92. The van der Waals surface area contributed by atoms with E-state index in [2.05, 4.69) is 5.32 Å². The SMILES string of the molecule is COc1ccc(C(=O)O)c(NC(=O)N(C)CC(F)F)c1. The number of benzene rings is 1. The van der Waals surface area contributed by atoms with Crippen LogP contribution in [0.5, 0.6) is 5.75 Å². The van der Waals surface area contributed by atoms with Gasteiger partial charge in [-0.15, -0.1) is 0 Å². The molecule has 0 radical (unpaired) electrons. The topological polar surface area (TPSA) is 78.9 Å². The van der Waals surface area contributed by atoms with Crippen LogP contribution in [-0.2, 0) is 0 Å². The number of anilines is 1. The molecule has 1 aromatic carbocycles. The van der Waals surface area contributed by atoms with Crippen molar-refractivity contribution in [2.24, 2.45) is 0 Å². The molecule has 0 fully saturated rings. The van der Waals surface area contributed by atoms with E-state index in [9.17, 15) is 18.4 Å². The van der Waals surface area contributed by atoms with Crippen molar-refractivity contribution in [3.8, 4) is 5.75 Å². The van der Waals surface area contributed by atoms with Crippen LogP contribution in [0.25, 0.3) is 0 Å². The summed E-state index contributed by atoms with van der Waals surface area (Å²) in [6, 6.07) is 3.14. The molecule has 2 amide bonds. The smallest absolute Gasteiger partial charge is 0.337 e. The zero-order chi connectivity index (χ0) is 15.3. The van der Waals surface area contributed by atoms with Crippen LogP contribution in [0.4, 0.5) is 19.3 Å². The average Bonchev–Trinajstić information content (AvgIpc) is 2.37. The summed E-state index contributed by atoms with van der Waals surface area (Å²) in [4.78, 5) is 23.5. The number of carboxylic acids is 1. The normalized spacial score (nSPS) is 10.2. The van der Waals surface area contributed by atoms with Crippen molar-refractivity contribution in [3.05, 3.63) is 23.8 Å². The fraction of sp³-hybridized carbons (Fsp3) is 0.333. The van der Waals surface area contributed by atoms with Crippen molar-refractivity contribution in [1.29, 1.82) is 0 Å². The summed E-state index contributed by atoms with van der Waals surface area (Å²) < 4.78 is 29.3. The van der Waals surface area contributed by atoms with Crippen molar-refractivity contribution in [2.45, 2.75) is 6.43 Å². The largest absolute Gasteiger partial charge is 0.497 e. The van der Waals surface area contributed by atoms with E-state index < -0.39 is 25.0 Å². The van der Waals surface area contributed by atoms with E-state index in [1.807, 2.05) is 0 Å². The van der Waals surface area contributed by atoms with Gasteiger partial charge in [0.2, 0.25) is 0 Å². The minimum absolute atomic E-state index is 0.0250. The number of nitrogens with one attached hydrogen (secondary N) is 1. The zero-order valence-electron chi connectivity index (χ0n) is 10.9. The van der Waals surface area contributed by atoms with Gasteiger partial charge in [-0.25, -0.2) is 18.4 Å². The van der Waals surface area contributed by atoms with Gasteiger partial charge < -0.3 is 20.1 Å². The highest BCUT2D eigenvalue weighted by molar-refractivity contribution is 6.00. The minimum atomic E-state index is -2.67. The van der Waals surface area contributed by atoms with Gasteiger partial charge in [0.15, 0.2) is 0 Å². The van der Waals surface area contributed by atoms with E-state index in [0.717, 1.165) is 4.90 Å². The second kappa shape index (κ2) is 6.69. The highest BCUT2D eigenvalue weighted by atomic mass is 19.3. The first-order valence-corrected chi connectivity index (χ1v) is 5.56. The van der Waals surface area contributed by atoms with Gasteiger partial charge >= 0.3 is 12.0 Å². The van der Waals surface area contributed by atoms with Gasteiger partial charge in [0.25, 0.3) is 6.43 Å². The molecule has 0 heterocycles. The molecule has 0 aromatic heterocycles. The zero-order valence-corrected chi connectivity index (χ0v) is 10.9. The van der Waals surface area contributed by atoms with Crippen LogP contribution in [-0.4, -0.2) is 49.1 Å². The molecule has 0 saturated heterocycles. The Kier molecular flexibility index (Phi) is 5.24. The van der Waals surface area contributed by atoms with Crippen molar-refractivity contribution in [3.63, 3.8) is 0 Å². The highest BCUT2D eigenvalue weighted by Crippen LogP contribution is 2.23. The molecule has 0 aliphatic rings. The lowest BCUT2D eigenvalue weighted by atomic mass is 10.1. The molecule has 0 unspecified atom stereocenters. The van der Waals surface area contributed by atoms with E-state index in [1.165, 1.54) is 32.4 Å². The molecule has 0 atom stereocenters. The maximum atomic E-state index is 12.2. The summed E-state index contributed by atoms with van der Waals surface area (Å²) in [5.41, 5.74) is -0.187. The summed E-state index contributed by atoms with van der Waals surface area (Å²) >= 11 is 0. The van der Waals surface area contributed by atoms with E-state index in [0.29, 0.717) is 5.75 Å². The first-order valence-electron chi connectivity index (χ1n) is 5.56. The predicted octanol–water partition coefficient (Wildman–Crippen LogP) is 2.12. The number of carbonyl (C=O) groups excluding carboxylic acids is 1. The number of ether oxygens (including phenoxy) is 1. The van der Waals surface area contributed by atoms with Crippen molar-refractivity contribution in [2.75, 3.05) is 26.0 Å². The third kappa shape index (κ3) is 4.08. The number of urea groups is 1. The van der Waals surface area contributed by atoms with Gasteiger partial charge in [-0.05, 0) is 12.1 Å². The number of carbonyl (C=O) groups is 2. The number of nitrogens with zero attached hydrogens (tertiary/aromatic N) is 1. The Morgan fingerprint density at radius 2 is 2.10 bits per heavy atom. The van der Waals surface area contributed by atoms with E-state index in [-0.39, 0.29) is 11.3 Å². The number of halogens is 2. The minimum Gasteiger partial charge on any atom is -0.497 e. The molecule has 0 aliphatic heterocycles.